The highest BCUT2D eigenvalue weighted by atomic mass is 32.2. The van der Waals surface area contributed by atoms with Gasteiger partial charge in [-0.05, 0) is 31.5 Å². The first-order chi connectivity index (χ1) is 12.0. The van der Waals surface area contributed by atoms with Crippen LogP contribution < -0.4 is 16.1 Å². The highest BCUT2D eigenvalue weighted by Crippen LogP contribution is 2.25. The summed E-state index contributed by atoms with van der Waals surface area (Å²) in [5, 5.41) is 10.4. The number of thioether (sulfide) groups is 1. The molecule has 132 valence electrons. The molecule has 1 atom stereocenters. The average Bonchev–Trinajstić information content (AvgIpc) is 3.00. The molecule has 2 aliphatic rings. The van der Waals surface area contributed by atoms with E-state index < -0.39 is 6.29 Å². The number of amides is 2. The SMILES string of the molecule is CC1=C(C)N2C(SCC(=O)NCc3ccc(F)cc3)=NNC2NC1=O. The van der Waals surface area contributed by atoms with Crippen molar-refractivity contribution < 1.29 is 14.0 Å². The summed E-state index contributed by atoms with van der Waals surface area (Å²) < 4.78 is 12.9. The third-order valence-corrected chi connectivity index (χ3v) is 4.95. The molecule has 0 aliphatic carbocycles. The molecule has 7 nitrogen and oxygen atoms in total. The van der Waals surface area contributed by atoms with Crippen LogP contribution >= 0.6 is 11.8 Å². The number of amidine groups is 1. The number of carbonyl (C=O) groups is 2. The maximum atomic E-state index is 12.9. The second kappa shape index (κ2) is 7.14. The normalized spacial score (nSPS) is 19.2. The number of rotatable bonds is 4. The van der Waals surface area contributed by atoms with Crippen LogP contribution in [0.4, 0.5) is 4.39 Å². The molecule has 1 aromatic carbocycles. The van der Waals surface area contributed by atoms with Gasteiger partial charge in [-0.1, -0.05) is 23.9 Å². The van der Waals surface area contributed by atoms with Gasteiger partial charge in [0.15, 0.2) is 11.5 Å². The second-order valence-corrected chi connectivity index (χ2v) is 6.61. The Bertz CT molecular complexity index is 762. The third kappa shape index (κ3) is 3.76. The van der Waals surface area contributed by atoms with Crippen molar-refractivity contribution in [1.29, 1.82) is 0 Å². The van der Waals surface area contributed by atoms with Gasteiger partial charge < -0.3 is 10.6 Å². The lowest BCUT2D eigenvalue weighted by Gasteiger charge is -2.33. The Labute approximate surface area is 148 Å². The van der Waals surface area contributed by atoms with Gasteiger partial charge >= 0.3 is 0 Å². The summed E-state index contributed by atoms with van der Waals surface area (Å²) in [7, 11) is 0. The summed E-state index contributed by atoms with van der Waals surface area (Å²) in [6.07, 6.45) is -0.416. The van der Waals surface area contributed by atoms with E-state index in [4.69, 9.17) is 0 Å². The standard InChI is InChI=1S/C16H18FN5O2S/c1-9-10(2)22-15(19-14(9)24)20-21-16(22)25-8-13(23)18-7-11-3-5-12(17)6-4-11/h3-6,15,20H,7-8H2,1-2H3,(H,18,23)(H,19,24). The number of allylic oxidation sites excluding steroid dienone is 1. The number of halogens is 1. The van der Waals surface area contributed by atoms with Crippen LogP contribution in [0.15, 0.2) is 40.6 Å². The molecule has 0 aromatic heterocycles. The van der Waals surface area contributed by atoms with Crippen molar-refractivity contribution in [3.63, 3.8) is 0 Å². The maximum Gasteiger partial charge on any atom is 0.251 e. The minimum Gasteiger partial charge on any atom is -0.351 e. The van der Waals surface area contributed by atoms with Crippen LogP contribution in [0.2, 0.25) is 0 Å². The van der Waals surface area contributed by atoms with E-state index in [-0.39, 0.29) is 23.4 Å². The van der Waals surface area contributed by atoms with E-state index in [2.05, 4.69) is 21.2 Å². The molecule has 2 amide bonds. The molecule has 0 saturated heterocycles. The number of carbonyl (C=O) groups excluding carboxylic acids is 2. The van der Waals surface area contributed by atoms with Gasteiger partial charge in [0, 0.05) is 17.8 Å². The molecule has 9 heteroatoms. The van der Waals surface area contributed by atoms with Gasteiger partial charge in [-0.2, -0.15) is 5.10 Å². The van der Waals surface area contributed by atoms with E-state index in [1.807, 2.05) is 11.8 Å². The van der Waals surface area contributed by atoms with Crippen molar-refractivity contribution >= 4 is 28.7 Å². The Hall–Kier alpha value is -2.55. The summed E-state index contributed by atoms with van der Waals surface area (Å²) in [4.78, 5) is 25.7. The molecule has 3 rings (SSSR count). The van der Waals surface area contributed by atoms with Crippen LogP contribution in [0.3, 0.4) is 0 Å². The zero-order valence-electron chi connectivity index (χ0n) is 13.8. The van der Waals surface area contributed by atoms with E-state index in [0.717, 1.165) is 11.3 Å². The Kier molecular flexibility index (Phi) is 4.93. The molecule has 0 saturated carbocycles. The Morgan fingerprint density at radius 3 is 2.80 bits per heavy atom. The molecule has 2 aliphatic heterocycles. The molecule has 1 unspecified atom stereocenters. The van der Waals surface area contributed by atoms with Crippen molar-refractivity contribution in [2.24, 2.45) is 5.10 Å². The smallest absolute Gasteiger partial charge is 0.251 e. The first-order valence-electron chi connectivity index (χ1n) is 7.70. The predicted octanol–water partition coefficient (Wildman–Crippen LogP) is 1.06. The van der Waals surface area contributed by atoms with Crippen LogP contribution in [0, 0.1) is 5.82 Å². The van der Waals surface area contributed by atoms with Crippen molar-refractivity contribution in [2.75, 3.05) is 5.75 Å². The largest absolute Gasteiger partial charge is 0.351 e. The number of nitrogens with zero attached hydrogens (tertiary/aromatic N) is 2. The van der Waals surface area contributed by atoms with Crippen LogP contribution in [-0.4, -0.2) is 33.9 Å². The lowest BCUT2D eigenvalue weighted by atomic mass is 10.2. The lowest BCUT2D eigenvalue weighted by Crippen LogP contribution is -2.55. The molecular weight excluding hydrogens is 345 g/mol. The van der Waals surface area contributed by atoms with Gasteiger partial charge in [0.25, 0.3) is 5.91 Å². The zero-order chi connectivity index (χ0) is 18.0. The highest BCUT2D eigenvalue weighted by molar-refractivity contribution is 8.14. The average molecular weight is 363 g/mol. The molecule has 0 fully saturated rings. The summed E-state index contributed by atoms with van der Waals surface area (Å²) in [5.41, 5.74) is 5.09. The zero-order valence-corrected chi connectivity index (χ0v) is 14.6. The van der Waals surface area contributed by atoms with E-state index in [1.54, 1.807) is 19.1 Å². The Balaban J connectivity index is 1.52. The third-order valence-electron chi connectivity index (χ3n) is 3.99. The topological polar surface area (TPSA) is 85.8 Å². The van der Waals surface area contributed by atoms with E-state index >= 15 is 0 Å². The number of nitrogens with one attached hydrogen (secondary N) is 3. The lowest BCUT2D eigenvalue weighted by molar-refractivity contribution is -0.120. The Morgan fingerprint density at radius 2 is 2.08 bits per heavy atom. The number of hydrazone groups is 1. The van der Waals surface area contributed by atoms with Gasteiger partial charge in [0.05, 0.1) is 5.75 Å². The molecule has 2 heterocycles. The maximum absolute atomic E-state index is 12.9. The fourth-order valence-corrected chi connectivity index (χ4v) is 3.30. The van der Waals surface area contributed by atoms with E-state index in [1.165, 1.54) is 23.9 Å². The summed E-state index contributed by atoms with van der Waals surface area (Å²) in [6.45, 7) is 3.93. The van der Waals surface area contributed by atoms with Gasteiger partial charge in [-0.25, -0.2) is 4.39 Å². The number of hydrogen-bond acceptors (Lipinski definition) is 6. The fourth-order valence-electron chi connectivity index (χ4n) is 2.44. The van der Waals surface area contributed by atoms with Gasteiger partial charge in [0.2, 0.25) is 5.91 Å². The van der Waals surface area contributed by atoms with Crippen LogP contribution in [0.5, 0.6) is 0 Å². The molecular formula is C16H18FN5O2S. The van der Waals surface area contributed by atoms with E-state index in [0.29, 0.717) is 17.3 Å². The van der Waals surface area contributed by atoms with Crippen molar-refractivity contribution in [3.05, 3.63) is 46.9 Å². The van der Waals surface area contributed by atoms with Crippen molar-refractivity contribution in [3.8, 4) is 0 Å². The molecule has 3 N–H and O–H groups in total. The molecule has 0 spiro atoms. The fraction of sp³-hybridized carbons (Fsp3) is 0.312. The van der Waals surface area contributed by atoms with Gasteiger partial charge in [-0.3, -0.25) is 19.9 Å². The van der Waals surface area contributed by atoms with Crippen molar-refractivity contribution in [1.82, 2.24) is 21.0 Å². The molecule has 0 bridgehead atoms. The quantitative estimate of drug-likeness (QED) is 0.745. The highest BCUT2D eigenvalue weighted by Gasteiger charge is 2.36. The van der Waals surface area contributed by atoms with E-state index in [9.17, 15) is 14.0 Å². The minimum atomic E-state index is -0.416. The monoisotopic (exact) mass is 363 g/mol. The van der Waals surface area contributed by atoms with Crippen LogP contribution in [0.1, 0.15) is 19.4 Å². The number of fused-ring (bicyclic) bond motifs is 1. The Morgan fingerprint density at radius 1 is 1.36 bits per heavy atom. The number of hydrogen-bond donors (Lipinski definition) is 3. The summed E-state index contributed by atoms with van der Waals surface area (Å²) in [5.74, 6) is -0.408. The van der Waals surface area contributed by atoms with Crippen molar-refractivity contribution in [2.45, 2.75) is 26.7 Å². The second-order valence-electron chi connectivity index (χ2n) is 5.67. The van der Waals surface area contributed by atoms with Crippen LogP contribution in [-0.2, 0) is 16.1 Å². The summed E-state index contributed by atoms with van der Waals surface area (Å²) >= 11 is 1.28. The first kappa shape index (κ1) is 17.3. The number of benzene rings is 1. The predicted molar refractivity (Wildman–Crippen MR) is 93.4 cm³/mol. The van der Waals surface area contributed by atoms with Crippen LogP contribution in [0.25, 0.3) is 0 Å². The molecule has 1 aromatic rings. The molecule has 0 radical (unpaired) electrons. The van der Waals surface area contributed by atoms with Gasteiger partial charge in [-0.15, -0.1) is 0 Å². The first-order valence-corrected chi connectivity index (χ1v) is 8.69. The molecule has 25 heavy (non-hydrogen) atoms. The summed E-state index contributed by atoms with van der Waals surface area (Å²) in [6, 6.07) is 5.98. The van der Waals surface area contributed by atoms with Gasteiger partial charge in [0.1, 0.15) is 5.82 Å². The minimum absolute atomic E-state index is 0.134.